The lowest BCUT2D eigenvalue weighted by atomic mass is 9.89. The lowest BCUT2D eigenvalue weighted by molar-refractivity contribution is -0.132. The number of hydrogen-bond acceptors (Lipinski definition) is 6. The summed E-state index contributed by atoms with van der Waals surface area (Å²) in [6, 6.07) is 4.78. The number of aliphatic hydroxyl groups excluding tert-OH is 1. The summed E-state index contributed by atoms with van der Waals surface area (Å²) in [5.74, 6) is -0.0705. The summed E-state index contributed by atoms with van der Waals surface area (Å²) < 4.78 is 10.4. The Kier molecular flexibility index (Phi) is 6.72. The quantitative estimate of drug-likeness (QED) is 0.429. The molecule has 7 heteroatoms. The maximum absolute atomic E-state index is 12.9. The Morgan fingerprint density at radius 3 is 2.55 bits per heavy atom. The van der Waals surface area contributed by atoms with Crippen molar-refractivity contribution in [2.75, 3.05) is 13.7 Å². The molecule has 1 fully saturated rings. The number of aliphatic hydroxyl groups is 1. The largest absolute Gasteiger partial charge is 0.497 e. The highest BCUT2D eigenvalue weighted by Gasteiger charge is 2.50. The van der Waals surface area contributed by atoms with E-state index in [0.717, 1.165) is 25.7 Å². The second-order valence-electron chi connectivity index (χ2n) is 8.00. The molecule has 158 valence electrons. The van der Waals surface area contributed by atoms with Gasteiger partial charge in [-0.15, -0.1) is 0 Å². The standard InChI is InChI=1S/C22H30N2O5/c1-22(13-29-22)20(26)17(12-14-6-4-3-5-7-14)24-21(27)18(23)19(25)15-8-10-16(28-2)11-9-15/h6,8-11,17-19,25H,3-5,7,12-13,23H2,1-2H3,(H,24,27). The van der Waals surface area contributed by atoms with Crippen molar-refractivity contribution < 1.29 is 24.2 Å². The summed E-state index contributed by atoms with van der Waals surface area (Å²) in [6.07, 6.45) is 5.56. The van der Waals surface area contributed by atoms with Crippen LogP contribution in [0.3, 0.4) is 0 Å². The summed E-state index contributed by atoms with van der Waals surface area (Å²) >= 11 is 0. The van der Waals surface area contributed by atoms with Crippen LogP contribution in [0, 0.1) is 0 Å². The second-order valence-corrected chi connectivity index (χ2v) is 8.00. The van der Waals surface area contributed by atoms with E-state index in [1.165, 1.54) is 5.57 Å². The van der Waals surface area contributed by atoms with Crippen molar-refractivity contribution >= 4 is 11.7 Å². The first kappa shape index (κ1) is 21.5. The molecule has 0 aromatic heterocycles. The average molecular weight is 402 g/mol. The fourth-order valence-electron chi connectivity index (χ4n) is 3.60. The minimum absolute atomic E-state index is 0.150. The molecule has 0 spiro atoms. The topological polar surface area (TPSA) is 114 Å². The van der Waals surface area contributed by atoms with Gasteiger partial charge in [0.15, 0.2) is 5.78 Å². The number of ether oxygens (including phenoxy) is 2. The first-order valence-corrected chi connectivity index (χ1v) is 10.1. The van der Waals surface area contributed by atoms with Crippen LogP contribution in [0.4, 0.5) is 0 Å². The van der Waals surface area contributed by atoms with Crippen molar-refractivity contribution in [3.05, 3.63) is 41.5 Å². The Bertz CT molecular complexity index is 770. The molecule has 4 unspecified atom stereocenters. The fraction of sp³-hybridized carbons (Fsp3) is 0.545. The summed E-state index contributed by atoms with van der Waals surface area (Å²) in [6.45, 7) is 2.09. The highest BCUT2D eigenvalue weighted by molar-refractivity contribution is 5.97. The predicted octanol–water partition coefficient (Wildman–Crippen LogP) is 1.79. The number of amides is 1. The summed E-state index contributed by atoms with van der Waals surface area (Å²) in [5.41, 5.74) is 6.85. The van der Waals surface area contributed by atoms with E-state index < -0.39 is 29.7 Å². The minimum atomic E-state index is -1.20. The molecule has 2 aliphatic rings. The number of benzene rings is 1. The SMILES string of the molecule is COc1ccc(C(O)C(N)C(=O)NC(CC2=CCCCC2)C(=O)C2(C)CO2)cc1. The Labute approximate surface area is 171 Å². The van der Waals surface area contributed by atoms with Crippen molar-refractivity contribution in [2.24, 2.45) is 5.73 Å². The zero-order valence-electron chi connectivity index (χ0n) is 17.0. The molecule has 4 atom stereocenters. The van der Waals surface area contributed by atoms with Gasteiger partial charge < -0.3 is 25.6 Å². The molecule has 0 saturated carbocycles. The summed E-state index contributed by atoms with van der Waals surface area (Å²) in [4.78, 5) is 25.6. The molecule has 1 aliphatic carbocycles. The summed E-state index contributed by atoms with van der Waals surface area (Å²) in [7, 11) is 1.55. The van der Waals surface area contributed by atoms with E-state index in [9.17, 15) is 14.7 Å². The zero-order chi connectivity index (χ0) is 21.0. The van der Waals surface area contributed by atoms with Gasteiger partial charge in [0.25, 0.3) is 0 Å². The van der Waals surface area contributed by atoms with E-state index in [2.05, 4.69) is 11.4 Å². The highest BCUT2D eigenvalue weighted by atomic mass is 16.6. The average Bonchev–Trinajstić information content (AvgIpc) is 3.51. The normalized spacial score (nSPS) is 24.1. The van der Waals surface area contributed by atoms with Crippen LogP contribution in [0.25, 0.3) is 0 Å². The Morgan fingerprint density at radius 1 is 1.31 bits per heavy atom. The first-order valence-electron chi connectivity index (χ1n) is 10.1. The molecule has 29 heavy (non-hydrogen) atoms. The van der Waals surface area contributed by atoms with Crippen LogP contribution in [-0.2, 0) is 14.3 Å². The molecule has 3 rings (SSSR count). The van der Waals surface area contributed by atoms with Crippen molar-refractivity contribution in [2.45, 2.75) is 62.8 Å². The third-order valence-corrected chi connectivity index (χ3v) is 5.68. The van der Waals surface area contributed by atoms with Crippen LogP contribution >= 0.6 is 0 Å². The number of methoxy groups -OCH3 is 1. The molecule has 7 nitrogen and oxygen atoms in total. The van der Waals surface area contributed by atoms with Crippen molar-refractivity contribution in [1.82, 2.24) is 5.32 Å². The smallest absolute Gasteiger partial charge is 0.240 e. The first-order chi connectivity index (χ1) is 13.8. The maximum atomic E-state index is 12.9. The van der Waals surface area contributed by atoms with Gasteiger partial charge in [0.1, 0.15) is 23.5 Å². The number of nitrogens with one attached hydrogen (secondary N) is 1. The van der Waals surface area contributed by atoms with Gasteiger partial charge in [-0.25, -0.2) is 0 Å². The van der Waals surface area contributed by atoms with E-state index in [1.807, 2.05) is 0 Å². The van der Waals surface area contributed by atoms with Crippen molar-refractivity contribution in [1.29, 1.82) is 0 Å². The molecular weight excluding hydrogens is 372 g/mol. The van der Waals surface area contributed by atoms with Crippen molar-refractivity contribution in [3.63, 3.8) is 0 Å². The maximum Gasteiger partial charge on any atom is 0.240 e. The number of rotatable bonds is 9. The third kappa shape index (κ3) is 5.23. The molecule has 1 aromatic rings. The minimum Gasteiger partial charge on any atom is -0.497 e. The highest BCUT2D eigenvalue weighted by Crippen LogP contribution is 2.31. The van der Waals surface area contributed by atoms with Gasteiger partial charge in [-0.2, -0.15) is 0 Å². The fourth-order valence-corrected chi connectivity index (χ4v) is 3.60. The van der Waals surface area contributed by atoms with Crippen LogP contribution < -0.4 is 15.8 Å². The van der Waals surface area contributed by atoms with Gasteiger partial charge in [0.05, 0.1) is 19.8 Å². The van der Waals surface area contributed by atoms with Gasteiger partial charge in [-0.3, -0.25) is 9.59 Å². The lowest BCUT2D eigenvalue weighted by Crippen LogP contribution is -2.53. The molecule has 1 aromatic carbocycles. The number of ketones is 1. The lowest BCUT2D eigenvalue weighted by Gasteiger charge is -2.25. The van der Waals surface area contributed by atoms with E-state index in [1.54, 1.807) is 38.3 Å². The molecule has 4 N–H and O–H groups in total. The van der Waals surface area contributed by atoms with Crippen molar-refractivity contribution in [3.8, 4) is 5.75 Å². The number of carbonyl (C=O) groups is 2. The molecule has 1 heterocycles. The second kappa shape index (κ2) is 9.07. The van der Waals surface area contributed by atoms with Gasteiger partial charge >= 0.3 is 0 Å². The van der Waals surface area contributed by atoms with Crippen LogP contribution in [0.5, 0.6) is 5.75 Å². The number of carbonyl (C=O) groups excluding carboxylic acids is 2. The number of epoxide rings is 1. The molecule has 0 radical (unpaired) electrons. The van der Waals surface area contributed by atoms with Crippen LogP contribution in [0.15, 0.2) is 35.9 Å². The molecule has 0 bridgehead atoms. The predicted molar refractivity (Wildman–Crippen MR) is 108 cm³/mol. The monoisotopic (exact) mass is 402 g/mol. The Balaban J connectivity index is 1.68. The molecular formula is C22H30N2O5. The van der Waals surface area contributed by atoms with E-state index in [4.69, 9.17) is 15.2 Å². The van der Waals surface area contributed by atoms with Gasteiger partial charge in [0.2, 0.25) is 5.91 Å². The number of Topliss-reactive ketones (excluding diaryl/α,β-unsaturated/α-hetero) is 1. The number of nitrogens with two attached hydrogens (primary N) is 1. The van der Waals surface area contributed by atoms with Gasteiger partial charge in [0, 0.05) is 0 Å². The Hall–Kier alpha value is -2.22. The number of allylic oxidation sites excluding steroid dienone is 1. The van der Waals surface area contributed by atoms with E-state index in [-0.39, 0.29) is 5.78 Å². The van der Waals surface area contributed by atoms with E-state index >= 15 is 0 Å². The third-order valence-electron chi connectivity index (χ3n) is 5.68. The van der Waals surface area contributed by atoms with Gasteiger partial charge in [-0.1, -0.05) is 23.8 Å². The molecule has 1 amide bonds. The van der Waals surface area contributed by atoms with Gasteiger partial charge in [-0.05, 0) is 56.7 Å². The number of hydrogen-bond donors (Lipinski definition) is 3. The van der Waals surface area contributed by atoms with Crippen LogP contribution in [-0.4, -0.2) is 48.2 Å². The Morgan fingerprint density at radius 2 is 2.00 bits per heavy atom. The summed E-state index contributed by atoms with van der Waals surface area (Å²) in [5, 5.41) is 13.3. The van der Waals surface area contributed by atoms with Crippen LogP contribution in [0.2, 0.25) is 0 Å². The van der Waals surface area contributed by atoms with Crippen LogP contribution in [0.1, 0.15) is 50.7 Å². The molecule has 1 saturated heterocycles. The van der Waals surface area contributed by atoms with E-state index in [0.29, 0.717) is 24.3 Å². The zero-order valence-corrected chi connectivity index (χ0v) is 17.0. The molecule has 1 aliphatic heterocycles.